The van der Waals surface area contributed by atoms with Gasteiger partial charge in [-0.1, -0.05) is 30.3 Å². The smallest absolute Gasteiger partial charge is 0.263 e. The van der Waals surface area contributed by atoms with Crippen LogP contribution in [0.1, 0.15) is 12.6 Å². The van der Waals surface area contributed by atoms with Crippen LogP contribution in [0.4, 0.5) is 0 Å². The molecule has 0 radical (unpaired) electrons. The first kappa shape index (κ1) is 21.3. The first-order chi connectivity index (χ1) is 15.1. The molecule has 31 heavy (non-hydrogen) atoms. The summed E-state index contributed by atoms with van der Waals surface area (Å²) in [5.41, 5.74) is 2.24. The van der Waals surface area contributed by atoms with E-state index in [-0.39, 0.29) is 5.91 Å². The van der Waals surface area contributed by atoms with Gasteiger partial charge in [-0.05, 0) is 31.2 Å². The van der Waals surface area contributed by atoms with Crippen molar-refractivity contribution in [2.45, 2.75) is 19.6 Å². The molecular weight excluding hydrogens is 410 g/mol. The van der Waals surface area contributed by atoms with Crippen LogP contribution in [0.2, 0.25) is 0 Å². The fourth-order valence-electron chi connectivity index (χ4n) is 3.61. The third-order valence-electron chi connectivity index (χ3n) is 5.36. The standard InChI is InChI=1S/C24H27N3O3S/c1-18(30-22-10-8-21(29-2)9-11-22)24(28)27-14-12-26(13-15-27)16-20-17-31-23(25-20)19-6-4-3-5-7-19/h3-11,17-18H,12-16H2,1-2H3. The van der Waals surface area contributed by atoms with E-state index in [9.17, 15) is 4.79 Å². The van der Waals surface area contributed by atoms with Crippen molar-refractivity contribution < 1.29 is 14.3 Å². The number of carbonyl (C=O) groups is 1. The Labute approximate surface area is 187 Å². The van der Waals surface area contributed by atoms with Crippen molar-refractivity contribution in [3.8, 4) is 22.1 Å². The van der Waals surface area contributed by atoms with Gasteiger partial charge in [0.1, 0.15) is 16.5 Å². The van der Waals surface area contributed by atoms with Crippen LogP contribution >= 0.6 is 11.3 Å². The van der Waals surface area contributed by atoms with Crippen LogP contribution < -0.4 is 9.47 Å². The summed E-state index contributed by atoms with van der Waals surface area (Å²) in [6.45, 7) is 5.68. The molecule has 162 valence electrons. The van der Waals surface area contributed by atoms with E-state index >= 15 is 0 Å². The largest absolute Gasteiger partial charge is 0.497 e. The number of nitrogens with zero attached hydrogens (tertiary/aromatic N) is 3. The molecule has 1 aliphatic rings. The van der Waals surface area contributed by atoms with Crippen LogP contribution in [-0.4, -0.2) is 60.1 Å². The normalized spacial score (nSPS) is 15.5. The Kier molecular flexibility index (Phi) is 6.84. The molecule has 3 aromatic rings. The van der Waals surface area contributed by atoms with Gasteiger partial charge in [-0.15, -0.1) is 11.3 Å². The number of aromatic nitrogens is 1. The summed E-state index contributed by atoms with van der Waals surface area (Å²) < 4.78 is 11.0. The molecule has 1 aromatic heterocycles. The summed E-state index contributed by atoms with van der Waals surface area (Å²) in [5.74, 6) is 1.45. The lowest BCUT2D eigenvalue weighted by molar-refractivity contribution is -0.139. The molecular formula is C24H27N3O3S. The monoisotopic (exact) mass is 437 g/mol. The number of methoxy groups -OCH3 is 1. The molecule has 0 aliphatic carbocycles. The summed E-state index contributed by atoms with van der Waals surface area (Å²) >= 11 is 1.68. The zero-order chi connectivity index (χ0) is 21.6. The molecule has 4 rings (SSSR count). The maximum absolute atomic E-state index is 12.8. The van der Waals surface area contributed by atoms with Crippen LogP contribution in [0.15, 0.2) is 60.0 Å². The van der Waals surface area contributed by atoms with E-state index in [1.165, 1.54) is 0 Å². The maximum Gasteiger partial charge on any atom is 0.263 e. The predicted octanol–water partition coefficient (Wildman–Crippen LogP) is 3.93. The van der Waals surface area contributed by atoms with Crippen molar-refractivity contribution in [1.29, 1.82) is 0 Å². The lowest BCUT2D eigenvalue weighted by Crippen LogP contribution is -2.51. The number of piperazine rings is 1. The molecule has 2 heterocycles. The fraction of sp³-hybridized carbons (Fsp3) is 0.333. The number of thiazole rings is 1. The highest BCUT2D eigenvalue weighted by Gasteiger charge is 2.26. The SMILES string of the molecule is COc1ccc(OC(C)C(=O)N2CCN(Cc3csc(-c4ccccc4)n3)CC2)cc1. The van der Waals surface area contributed by atoms with Crippen LogP contribution in [0, 0.1) is 0 Å². The van der Waals surface area contributed by atoms with Crippen LogP contribution in [-0.2, 0) is 11.3 Å². The van der Waals surface area contributed by atoms with Gasteiger partial charge in [0.25, 0.3) is 5.91 Å². The van der Waals surface area contributed by atoms with E-state index in [0.29, 0.717) is 18.8 Å². The van der Waals surface area contributed by atoms with Gasteiger partial charge in [0.2, 0.25) is 0 Å². The molecule has 1 saturated heterocycles. The van der Waals surface area contributed by atoms with Gasteiger partial charge in [-0.2, -0.15) is 0 Å². The molecule has 1 fully saturated rings. The topological polar surface area (TPSA) is 54.9 Å². The second-order valence-corrected chi connectivity index (χ2v) is 8.41. The third kappa shape index (κ3) is 5.42. The van der Waals surface area contributed by atoms with Gasteiger partial charge in [0.05, 0.1) is 12.8 Å². The summed E-state index contributed by atoms with van der Waals surface area (Å²) in [4.78, 5) is 21.8. The van der Waals surface area contributed by atoms with Gasteiger partial charge in [0.15, 0.2) is 6.10 Å². The molecule has 1 aliphatic heterocycles. The lowest BCUT2D eigenvalue weighted by Gasteiger charge is -2.35. The highest BCUT2D eigenvalue weighted by molar-refractivity contribution is 7.13. The molecule has 1 atom stereocenters. The van der Waals surface area contributed by atoms with E-state index in [1.54, 1.807) is 25.4 Å². The van der Waals surface area contributed by atoms with Crippen molar-refractivity contribution in [2.75, 3.05) is 33.3 Å². The average molecular weight is 438 g/mol. The van der Waals surface area contributed by atoms with Crippen LogP contribution in [0.5, 0.6) is 11.5 Å². The molecule has 2 aromatic carbocycles. The van der Waals surface area contributed by atoms with E-state index in [0.717, 1.165) is 41.6 Å². The molecule has 7 heteroatoms. The molecule has 0 spiro atoms. The van der Waals surface area contributed by atoms with Gasteiger partial charge >= 0.3 is 0 Å². The number of amides is 1. The maximum atomic E-state index is 12.8. The van der Waals surface area contributed by atoms with Gasteiger partial charge < -0.3 is 14.4 Å². The molecule has 1 amide bonds. The fourth-order valence-corrected chi connectivity index (χ4v) is 4.43. The highest BCUT2D eigenvalue weighted by atomic mass is 32.1. The van der Waals surface area contributed by atoms with Gasteiger partial charge in [0, 0.05) is 43.7 Å². The highest BCUT2D eigenvalue weighted by Crippen LogP contribution is 2.24. The van der Waals surface area contributed by atoms with E-state index in [1.807, 2.05) is 47.4 Å². The lowest BCUT2D eigenvalue weighted by atomic mass is 10.2. The van der Waals surface area contributed by atoms with Gasteiger partial charge in [-0.3, -0.25) is 9.69 Å². The second-order valence-electron chi connectivity index (χ2n) is 7.55. The minimum Gasteiger partial charge on any atom is -0.497 e. The average Bonchev–Trinajstić information content (AvgIpc) is 3.28. The zero-order valence-electron chi connectivity index (χ0n) is 17.9. The Morgan fingerprint density at radius 3 is 2.39 bits per heavy atom. The molecule has 0 bridgehead atoms. The van der Waals surface area contributed by atoms with E-state index < -0.39 is 6.10 Å². The van der Waals surface area contributed by atoms with Crippen molar-refractivity contribution in [1.82, 2.24) is 14.8 Å². The minimum absolute atomic E-state index is 0.0236. The predicted molar refractivity (Wildman–Crippen MR) is 122 cm³/mol. The number of rotatable bonds is 7. The Bertz CT molecular complexity index is 983. The van der Waals surface area contributed by atoms with Crippen molar-refractivity contribution >= 4 is 17.2 Å². The van der Waals surface area contributed by atoms with Crippen molar-refractivity contribution in [3.05, 3.63) is 65.7 Å². The van der Waals surface area contributed by atoms with Gasteiger partial charge in [-0.25, -0.2) is 4.98 Å². The zero-order valence-corrected chi connectivity index (χ0v) is 18.7. The first-order valence-corrected chi connectivity index (χ1v) is 11.3. The Morgan fingerprint density at radius 1 is 1.03 bits per heavy atom. The van der Waals surface area contributed by atoms with Crippen LogP contribution in [0.3, 0.4) is 0 Å². The molecule has 0 saturated carbocycles. The summed E-state index contributed by atoms with van der Waals surface area (Å²) in [6.07, 6.45) is -0.521. The van der Waals surface area contributed by atoms with Crippen LogP contribution in [0.25, 0.3) is 10.6 Å². The number of hydrogen-bond acceptors (Lipinski definition) is 6. The second kappa shape index (κ2) is 9.94. The summed E-state index contributed by atoms with van der Waals surface area (Å²) in [6, 6.07) is 17.5. The van der Waals surface area contributed by atoms with Crippen molar-refractivity contribution in [3.63, 3.8) is 0 Å². The number of benzene rings is 2. The molecule has 1 unspecified atom stereocenters. The minimum atomic E-state index is -0.521. The number of hydrogen-bond donors (Lipinski definition) is 0. The number of carbonyl (C=O) groups excluding carboxylic acids is 1. The van der Waals surface area contributed by atoms with E-state index in [2.05, 4.69) is 22.4 Å². The first-order valence-electron chi connectivity index (χ1n) is 10.4. The quantitative estimate of drug-likeness (QED) is 0.561. The van der Waals surface area contributed by atoms with Crippen molar-refractivity contribution in [2.24, 2.45) is 0 Å². The Morgan fingerprint density at radius 2 is 1.71 bits per heavy atom. The molecule has 6 nitrogen and oxygen atoms in total. The Hall–Kier alpha value is -2.90. The summed E-state index contributed by atoms with van der Waals surface area (Å²) in [7, 11) is 1.62. The molecule has 0 N–H and O–H groups in total. The Balaban J connectivity index is 1.26. The number of ether oxygens (including phenoxy) is 2. The van der Waals surface area contributed by atoms with E-state index in [4.69, 9.17) is 14.5 Å². The third-order valence-corrected chi connectivity index (χ3v) is 6.30. The summed E-state index contributed by atoms with van der Waals surface area (Å²) in [5, 5.41) is 3.18.